The van der Waals surface area contributed by atoms with Crippen molar-refractivity contribution >= 4 is 23.4 Å². The summed E-state index contributed by atoms with van der Waals surface area (Å²) in [5.41, 5.74) is 6.63. The lowest BCUT2D eigenvalue weighted by molar-refractivity contribution is 0.565. The molecule has 1 aromatic carbocycles. The summed E-state index contributed by atoms with van der Waals surface area (Å²) in [5.74, 6) is 0.843. The molecule has 0 aromatic heterocycles. The second-order valence-electron chi connectivity index (χ2n) is 3.74. The first-order valence-electron chi connectivity index (χ1n) is 5.00. The second kappa shape index (κ2) is 4.73. The van der Waals surface area contributed by atoms with Crippen molar-refractivity contribution in [2.24, 2.45) is 5.73 Å². The first-order valence-corrected chi connectivity index (χ1v) is 6.43. The predicted octanol–water partition coefficient (Wildman–Crippen LogP) is 3.37. The third kappa shape index (κ3) is 2.47. The van der Waals surface area contributed by atoms with E-state index in [-0.39, 0.29) is 11.9 Å². The largest absolute Gasteiger partial charge is 0.323 e. The number of hydrogen-bond donors (Lipinski definition) is 1. The molecule has 0 bridgehead atoms. The number of nitrogens with two attached hydrogens (primary N) is 1. The minimum absolute atomic E-state index is 0.213. The third-order valence-corrected chi connectivity index (χ3v) is 4.40. The highest BCUT2D eigenvalue weighted by Crippen LogP contribution is 2.35. The van der Waals surface area contributed by atoms with Crippen LogP contribution in [0.3, 0.4) is 0 Å². The molecule has 1 aliphatic heterocycles. The zero-order valence-corrected chi connectivity index (χ0v) is 9.82. The van der Waals surface area contributed by atoms with E-state index in [1.807, 2.05) is 11.8 Å². The lowest BCUT2D eigenvalue weighted by Gasteiger charge is -2.19. The first kappa shape index (κ1) is 11.2. The molecule has 15 heavy (non-hydrogen) atoms. The first-order chi connectivity index (χ1) is 7.18. The van der Waals surface area contributed by atoms with Crippen LogP contribution in [0.25, 0.3) is 0 Å². The maximum Gasteiger partial charge on any atom is 0.129 e. The van der Waals surface area contributed by atoms with Crippen molar-refractivity contribution in [2.45, 2.75) is 24.1 Å². The SMILES string of the molecule is NC(c1ccc(Cl)cc1F)C1CCCS1. The average molecular weight is 246 g/mol. The van der Waals surface area contributed by atoms with Crippen LogP contribution in [0.1, 0.15) is 24.4 Å². The van der Waals surface area contributed by atoms with E-state index >= 15 is 0 Å². The summed E-state index contributed by atoms with van der Waals surface area (Å²) in [5, 5.41) is 0.767. The van der Waals surface area contributed by atoms with Crippen LogP contribution in [0.15, 0.2) is 18.2 Å². The number of rotatable bonds is 2. The molecule has 0 saturated carbocycles. The molecule has 2 atom stereocenters. The van der Waals surface area contributed by atoms with Crippen molar-refractivity contribution < 1.29 is 4.39 Å². The molecule has 1 saturated heterocycles. The van der Waals surface area contributed by atoms with Gasteiger partial charge < -0.3 is 5.73 Å². The van der Waals surface area contributed by atoms with Crippen LogP contribution in [-0.4, -0.2) is 11.0 Å². The van der Waals surface area contributed by atoms with Gasteiger partial charge >= 0.3 is 0 Å². The standard InChI is InChI=1S/C11H13ClFNS/c12-7-3-4-8(9(13)6-7)11(14)10-2-1-5-15-10/h3-4,6,10-11H,1-2,5,14H2. The fourth-order valence-corrected chi connectivity index (χ4v) is 3.34. The molecule has 2 N–H and O–H groups in total. The van der Waals surface area contributed by atoms with Gasteiger partial charge in [0.25, 0.3) is 0 Å². The van der Waals surface area contributed by atoms with E-state index in [0.717, 1.165) is 12.2 Å². The average Bonchev–Trinajstić information content (AvgIpc) is 2.69. The third-order valence-electron chi connectivity index (χ3n) is 2.69. The summed E-state index contributed by atoms with van der Waals surface area (Å²) in [6.45, 7) is 0. The second-order valence-corrected chi connectivity index (χ2v) is 5.53. The zero-order valence-electron chi connectivity index (χ0n) is 8.25. The van der Waals surface area contributed by atoms with Crippen LogP contribution < -0.4 is 5.73 Å². The van der Waals surface area contributed by atoms with E-state index in [2.05, 4.69) is 0 Å². The summed E-state index contributed by atoms with van der Waals surface area (Å²) >= 11 is 7.53. The maximum absolute atomic E-state index is 13.6. The van der Waals surface area contributed by atoms with Crippen LogP contribution in [-0.2, 0) is 0 Å². The molecular formula is C11H13ClFNS. The molecule has 1 fully saturated rings. The van der Waals surface area contributed by atoms with Gasteiger partial charge in [0.15, 0.2) is 0 Å². The van der Waals surface area contributed by atoms with E-state index in [1.54, 1.807) is 12.1 Å². The molecule has 0 spiro atoms. The van der Waals surface area contributed by atoms with Crippen molar-refractivity contribution in [3.8, 4) is 0 Å². The molecule has 0 amide bonds. The maximum atomic E-state index is 13.6. The van der Waals surface area contributed by atoms with E-state index in [9.17, 15) is 4.39 Å². The van der Waals surface area contributed by atoms with E-state index in [0.29, 0.717) is 15.8 Å². The van der Waals surface area contributed by atoms with Gasteiger partial charge in [-0.05, 0) is 30.7 Å². The van der Waals surface area contributed by atoms with Crippen LogP contribution in [0.5, 0.6) is 0 Å². The number of thioether (sulfide) groups is 1. The van der Waals surface area contributed by atoms with Crippen molar-refractivity contribution in [3.05, 3.63) is 34.6 Å². The van der Waals surface area contributed by atoms with Gasteiger partial charge in [-0.3, -0.25) is 0 Å². The fourth-order valence-electron chi connectivity index (χ4n) is 1.86. The van der Waals surface area contributed by atoms with Gasteiger partial charge in [0.05, 0.1) is 0 Å². The molecule has 0 aliphatic carbocycles. The van der Waals surface area contributed by atoms with Gasteiger partial charge in [0, 0.05) is 21.9 Å². The number of halogens is 2. The highest BCUT2D eigenvalue weighted by Gasteiger charge is 2.25. The Labute approximate surface area is 98.2 Å². The molecule has 1 heterocycles. The van der Waals surface area contributed by atoms with E-state index in [4.69, 9.17) is 17.3 Å². The lowest BCUT2D eigenvalue weighted by Crippen LogP contribution is -2.22. The Morgan fingerprint density at radius 3 is 2.93 bits per heavy atom. The fraction of sp³-hybridized carbons (Fsp3) is 0.455. The summed E-state index contributed by atoms with van der Waals surface area (Å²) in [6.07, 6.45) is 2.26. The Kier molecular flexibility index (Phi) is 3.54. The van der Waals surface area contributed by atoms with Crippen LogP contribution in [0, 0.1) is 5.82 Å². The van der Waals surface area contributed by atoms with Gasteiger partial charge in [-0.25, -0.2) is 4.39 Å². The molecule has 2 unspecified atom stereocenters. The Morgan fingerprint density at radius 1 is 1.53 bits per heavy atom. The Morgan fingerprint density at radius 2 is 2.33 bits per heavy atom. The quantitative estimate of drug-likeness (QED) is 0.865. The minimum Gasteiger partial charge on any atom is -0.323 e. The van der Waals surface area contributed by atoms with Gasteiger partial charge in [-0.2, -0.15) is 11.8 Å². The lowest BCUT2D eigenvalue weighted by atomic mass is 10.0. The summed E-state index contributed by atoms with van der Waals surface area (Å²) in [6, 6.07) is 4.51. The van der Waals surface area contributed by atoms with Crippen LogP contribution in [0.2, 0.25) is 5.02 Å². The smallest absolute Gasteiger partial charge is 0.129 e. The zero-order chi connectivity index (χ0) is 10.8. The van der Waals surface area contributed by atoms with E-state index in [1.165, 1.54) is 12.5 Å². The Hall–Kier alpha value is -0.250. The monoisotopic (exact) mass is 245 g/mol. The molecule has 1 nitrogen and oxygen atoms in total. The summed E-state index contributed by atoms with van der Waals surface area (Å²) in [4.78, 5) is 0. The topological polar surface area (TPSA) is 26.0 Å². The highest BCUT2D eigenvalue weighted by molar-refractivity contribution is 8.00. The van der Waals surface area contributed by atoms with Crippen molar-refractivity contribution in [3.63, 3.8) is 0 Å². The minimum atomic E-state index is -0.289. The molecule has 1 aromatic rings. The van der Waals surface area contributed by atoms with Crippen molar-refractivity contribution in [1.29, 1.82) is 0 Å². The number of benzene rings is 1. The Bertz CT molecular complexity index is 352. The van der Waals surface area contributed by atoms with Crippen LogP contribution >= 0.6 is 23.4 Å². The van der Waals surface area contributed by atoms with Gasteiger partial charge in [0.2, 0.25) is 0 Å². The summed E-state index contributed by atoms with van der Waals surface area (Å²) < 4.78 is 13.6. The molecule has 2 rings (SSSR count). The van der Waals surface area contributed by atoms with Gasteiger partial charge in [-0.1, -0.05) is 17.7 Å². The molecule has 82 valence electrons. The van der Waals surface area contributed by atoms with E-state index < -0.39 is 0 Å². The molecule has 4 heteroatoms. The van der Waals surface area contributed by atoms with Crippen LogP contribution in [0.4, 0.5) is 4.39 Å². The molecule has 1 aliphatic rings. The van der Waals surface area contributed by atoms with Crippen molar-refractivity contribution in [2.75, 3.05) is 5.75 Å². The van der Waals surface area contributed by atoms with Gasteiger partial charge in [0.1, 0.15) is 5.82 Å². The predicted molar refractivity (Wildman–Crippen MR) is 63.8 cm³/mol. The van der Waals surface area contributed by atoms with Gasteiger partial charge in [-0.15, -0.1) is 0 Å². The molecule has 0 radical (unpaired) electrons. The number of hydrogen-bond acceptors (Lipinski definition) is 2. The van der Waals surface area contributed by atoms with Crippen molar-refractivity contribution in [1.82, 2.24) is 0 Å². The summed E-state index contributed by atoms with van der Waals surface area (Å²) in [7, 11) is 0. The molecular weight excluding hydrogens is 233 g/mol. The Balaban J connectivity index is 2.20. The normalized spacial score (nSPS) is 23.0. The highest BCUT2D eigenvalue weighted by atomic mass is 35.5.